The van der Waals surface area contributed by atoms with Gasteiger partial charge in [-0.1, -0.05) is 41.5 Å². The van der Waals surface area contributed by atoms with Crippen molar-refractivity contribution in [3.8, 4) is 11.5 Å². The summed E-state index contributed by atoms with van der Waals surface area (Å²) in [7, 11) is 1.53. The number of thiocarbonyl (C=S) groups is 1. The van der Waals surface area contributed by atoms with Gasteiger partial charge < -0.3 is 24.4 Å². The Morgan fingerprint density at radius 3 is 2.73 bits per heavy atom. The quantitative estimate of drug-likeness (QED) is 0.539. The average Bonchev–Trinajstić information content (AvgIpc) is 2.75. The van der Waals surface area contributed by atoms with E-state index in [1.807, 2.05) is 6.07 Å². The van der Waals surface area contributed by atoms with Crippen molar-refractivity contribution < 1.29 is 19.0 Å². The van der Waals surface area contributed by atoms with Gasteiger partial charge in [0.15, 0.2) is 18.1 Å². The Bertz CT molecular complexity index is 955. The van der Waals surface area contributed by atoms with Gasteiger partial charge in [0.05, 0.1) is 40.5 Å². The first-order chi connectivity index (χ1) is 14.4. The number of anilines is 1. The molecule has 30 heavy (non-hydrogen) atoms. The van der Waals surface area contributed by atoms with Gasteiger partial charge in [-0.25, -0.2) is 0 Å². The molecular weight excluding hydrogens is 515 g/mol. The van der Waals surface area contributed by atoms with Crippen LogP contribution in [-0.2, 0) is 9.53 Å². The minimum Gasteiger partial charge on any atom is -0.493 e. The van der Waals surface area contributed by atoms with Crippen LogP contribution < -0.4 is 14.8 Å². The first kappa shape index (κ1) is 23.1. The molecule has 1 amide bonds. The van der Waals surface area contributed by atoms with Crippen molar-refractivity contribution in [2.24, 2.45) is 0 Å². The van der Waals surface area contributed by atoms with Crippen LogP contribution in [0.2, 0.25) is 10.0 Å². The Labute approximate surface area is 198 Å². The normalized spacial score (nSPS) is 13.7. The summed E-state index contributed by atoms with van der Waals surface area (Å²) in [6, 6.07) is 8.64. The molecule has 1 aliphatic heterocycles. The van der Waals surface area contributed by atoms with Crippen LogP contribution in [0.15, 0.2) is 34.8 Å². The highest BCUT2D eigenvalue weighted by atomic mass is 79.9. The van der Waals surface area contributed by atoms with Crippen LogP contribution in [0.3, 0.4) is 0 Å². The zero-order valence-corrected chi connectivity index (χ0v) is 20.0. The summed E-state index contributed by atoms with van der Waals surface area (Å²) in [6.07, 6.45) is 0. The number of morpholine rings is 1. The number of carbonyl (C=O) groups is 1. The first-order valence-electron chi connectivity index (χ1n) is 9.02. The van der Waals surface area contributed by atoms with Crippen LogP contribution in [0.5, 0.6) is 11.5 Å². The van der Waals surface area contributed by atoms with Crippen molar-refractivity contribution in [3.05, 3.63) is 50.4 Å². The number of halogens is 3. The minimum atomic E-state index is -0.388. The van der Waals surface area contributed by atoms with Crippen LogP contribution in [0.4, 0.5) is 5.69 Å². The molecule has 160 valence electrons. The molecule has 0 bridgehead atoms. The van der Waals surface area contributed by atoms with Gasteiger partial charge in [-0.2, -0.15) is 0 Å². The highest BCUT2D eigenvalue weighted by Crippen LogP contribution is 2.37. The topological polar surface area (TPSA) is 60.0 Å². The smallest absolute Gasteiger partial charge is 0.262 e. The van der Waals surface area contributed by atoms with Crippen LogP contribution in [0, 0.1) is 0 Å². The SMILES string of the molecule is COc1cc(C(=S)N2CCOCC2)cc(Br)c1OCC(=O)Nc1cccc(Cl)c1Cl. The summed E-state index contributed by atoms with van der Waals surface area (Å²) < 4.78 is 17.2. The number of amides is 1. The Morgan fingerprint density at radius 2 is 2.03 bits per heavy atom. The lowest BCUT2D eigenvalue weighted by Gasteiger charge is -2.29. The Hall–Kier alpha value is -1.58. The van der Waals surface area contributed by atoms with Crippen LogP contribution in [0.1, 0.15) is 5.56 Å². The molecule has 0 radical (unpaired) electrons. The van der Waals surface area contributed by atoms with Gasteiger partial charge in [-0.3, -0.25) is 4.79 Å². The maximum atomic E-state index is 12.3. The second kappa shape index (κ2) is 10.6. The number of ether oxygens (including phenoxy) is 3. The summed E-state index contributed by atoms with van der Waals surface area (Å²) in [5, 5.41) is 3.30. The molecule has 0 atom stereocenters. The molecule has 3 rings (SSSR count). The van der Waals surface area contributed by atoms with Gasteiger partial charge >= 0.3 is 0 Å². The fourth-order valence-electron chi connectivity index (χ4n) is 2.86. The van der Waals surface area contributed by atoms with Crippen molar-refractivity contribution in [1.29, 1.82) is 0 Å². The monoisotopic (exact) mass is 532 g/mol. The van der Waals surface area contributed by atoms with E-state index in [4.69, 9.17) is 49.6 Å². The number of hydrogen-bond acceptors (Lipinski definition) is 5. The highest BCUT2D eigenvalue weighted by Gasteiger charge is 2.20. The van der Waals surface area contributed by atoms with E-state index in [1.54, 1.807) is 24.3 Å². The van der Waals surface area contributed by atoms with Crippen molar-refractivity contribution in [2.75, 3.05) is 45.3 Å². The van der Waals surface area contributed by atoms with E-state index in [9.17, 15) is 4.79 Å². The summed E-state index contributed by atoms with van der Waals surface area (Å²) in [4.78, 5) is 15.1. The van der Waals surface area contributed by atoms with Crippen LogP contribution in [0.25, 0.3) is 0 Å². The van der Waals surface area contributed by atoms with E-state index in [0.717, 1.165) is 18.7 Å². The largest absolute Gasteiger partial charge is 0.493 e. The van der Waals surface area contributed by atoms with Gasteiger partial charge in [0, 0.05) is 18.7 Å². The lowest BCUT2D eigenvalue weighted by molar-refractivity contribution is -0.118. The summed E-state index contributed by atoms with van der Waals surface area (Å²) in [5.41, 5.74) is 1.23. The fraction of sp³-hybridized carbons (Fsp3) is 0.300. The van der Waals surface area contributed by atoms with E-state index in [-0.39, 0.29) is 17.5 Å². The molecule has 0 aromatic heterocycles. The molecule has 0 unspecified atom stereocenters. The van der Waals surface area contributed by atoms with Gasteiger partial charge in [-0.05, 0) is 40.2 Å². The summed E-state index contributed by atoms with van der Waals surface area (Å²) in [6.45, 7) is 2.52. The molecule has 0 spiro atoms. The molecule has 0 aliphatic carbocycles. The third kappa shape index (κ3) is 5.56. The van der Waals surface area contributed by atoms with Crippen molar-refractivity contribution >= 4 is 67.9 Å². The van der Waals surface area contributed by atoms with E-state index in [0.29, 0.717) is 44.9 Å². The number of nitrogens with one attached hydrogen (secondary N) is 1. The maximum Gasteiger partial charge on any atom is 0.262 e. The fourth-order valence-corrected chi connectivity index (χ4v) is 4.06. The number of methoxy groups -OCH3 is 1. The second-order valence-electron chi connectivity index (χ2n) is 6.33. The van der Waals surface area contributed by atoms with Crippen LogP contribution in [-0.4, -0.2) is 55.8 Å². The predicted molar refractivity (Wildman–Crippen MR) is 125 cm³/mol. The molecule has 1 aliphatic rings. The third-order valence-corrected chi connectivity index (χ3v) is 6.25. The number of rotatable bonds is 6. The van der Waals surface area contributed by atoms with Crippen molar-refractivity contribution in [3.63, 3.8) is 0 Å². The Balaban J connectivity index is 1.70. The van der Waals surface area contributed by atoms with Gasteiger partial charge in [-0.15, -0.1) is 0 Å². The molecule has 6 nitrogen and oxygen atoms in total. The van der Waals surface area contributed by atoms with Crippen LogP contribution >= 0.6 is 51.3 Å². The van der Waals surface area contributed by atoms with Crippen molar-refractivity contribution in [2.45, 2.75) is 0 Å². The standard InChI is InChI=1S/C20H19BrCl2N2O4S/c1-27-16-10-12(20(30)25-5-7-28-8-6-25)9-13(21)19(16)29-11-17(26)24-15-4-2-3-14(22)18(15)23/h2-4,9-10H,5-8,11H2,1H3,(H,24,26). The molecule has 1 heterocycles. The maximum absolute atomic E-state index is 12.3. The Kier molecular flexibility index (Phi) is 8.19. The summed E-state index contributed by atoms with van der Waals surface area (Å²) in [5.74, 6) is 0.475. The molecule has 1 fully saturated rings. The van der Waals surface area contributed by atoms with Gasteiger partial charge in [0.25, 0.3) is 5.91 Å². The lowest BCUT2D eigenvalue weighted by atomic mass is 10.1. The van der Waals surface area contributed by atoms with E-state index in [1.165, 1.54) is 7.11 Å². The van der Waals surface area contributed by atoms with E-state index < -0.39 is 0 Å². The Morgan fingerprint density at radius 1 is 1.30 bits per heavy atom. The number of benzene rings is 2. The zero-order chi connectivity index (χ0) is 21.7. The lowest BCUT2D eigenvalue weighted by Crippen LogP contribution is -2.40. The van der Waals surface area contributed by atoms with E-state index >= 15 is 0 Å². The molecular formula is C20H19BrCl2N2O4S. The minimum absolute atomic E-state index is 0.245. The first-order valence-corrected chi connectivity index (χ1v) is 11.0. The second-order valence-corrected chi connectivity index (χ2v) is 8.36. The summed E-state index contributed by atoms with van der Waals surface area (Å²) >= 11 is 21.2. The number of carbonyl (C=O) groups excluding carboxylic acids is 1. The molecule has 2 aromatic carbocycles. The van der Waals surface area contributed by atoms with Gasteiger partial charge in [0.1, 0.15) is 4.99 Å². The average molecular weight is 534 g/mol. The van der Waals surface area contributed by atoms with Crippen molar-refractivity contribution in [1.82, 2.24) is 4.90 Å². The molecule has 2 aromatic rings. The number of nitrogens with zero attached hydrogens (tertiary/aromatic N) is 1. The zero-order valence-electron chi connectivity index (χ0n) is 16.0. The molecule has 1 N–H and O–H groups in total. The predicted octanol–water partition coefficient (Wildman–Crippen LogP) is 4.79. The molecule has 0 saturated carbocycles. The highest BCUT2D eigenvalue weighted by molar-refractivity contribution is 9.10. The number of hydrogen-bond donors (Lipinski definition) is 1. The van der Waals surface area contributed by atoms with E-state index in [2.05, 4.69) is 26.1 Å². The third-order valence-electron chi connectivity index (χ3n) is 4.35. The van der Waals surface area contributed by atoms with Gasteiger partial charge in [0.2, 0.25) is 0 Å². The molecule has 1 saturated heterocycles. The molecule has 10 heteroatoms.